The third-order valence-corrected chi connectivity index (χ3v) is 3.75. The van der Waals surface area contributed by atoms with Crippen LogP contribution in [0.5, 0.6) is 0 Å². The Balaban J connectivity index is 2.21. The van der Waals surface area contributed by atoms with Crippen molar-refractivity contribution in [3.63, 3.8) is 0 Å². The maximum Gasteiger partial charge on any atom is 0.362 e. The van der Waals surface area contributed by atoms with Gasteiger partial charge >= 0.3 is 5.97 Å². The van der Waals surface area contributed by atoms with E-state index in [1.54, 1.807) is 55.5 Å². The van der Waals surface area contributed by atoms with Gasteiger partial charge in [0, 0.05) is 11.4 Å². The van der Waals surface area contributed by atoms with Gasteiger partial charge in [0.15, 0.2) is 5.78 Å². The summed E-state index contributed by atoms with van der Waals surface area (Å²) in [6.45, 7) is 1.79. The Hall–Kier alpha value is -2.37. The van der Waals surface area contributed by atoms with E-state index < -0.39 is 11.8 Å². The molecular formula is C18H16Cl2N2O3. The molecule has 0 saturated heterocycles. The summed E-state index contributed by atoms with van der Waals surface area (Å²) in [7, 11) is 0. The Morgan fingerprint density at radius 3 is 2.40 bits per heavy atom. The second-order valence-electron chi connectivity index (χ2n) is 5.00. The summed E-state index contributed by atoms with van der Waals surface area (Å²) in [4.78, 5) is 24.5. The van der Waals surface area contributed by atoms with E-state index in [1.165, 1.54) is 0 Å². The Labute approximate surface area is 155 Å². The molecule has 0 aromatic heterocycles. The lowest BCUT2D eigenvalue weighted by atomic mass is 10.1. The fourth-order valence-corrected chi connectivity index (χ4v) is 2.26. The number of esters is 1. The molecule has 7 heteroatoms. The van der Waals surface area contributed by atoms with Crippen LogP contribution in [0.1, 0.15) is 12.5 Å². The van der Waals surface area contributed by atoms with E-state index in [2.05, 4.69) is 10.5 Å². The predicted molar refractivity (Wildman–Crippen MR) is 99.3 cm³/mol. The van der Waals surface area contributed by atoms with Crippen molar-refractivity contribution in [3.8, 4) is 0 Å². The molecule has 0 aliphatic heterocycles. The molecule has 0 radical (unpaired) electrons. The van der Waals surface area contributed by atoms with Crippen LogP contribution in [0.3, 0.4) is 0 Å². The molecular weight excluding hydrogens is 363 g/mol. The number of benzene rings is 2. The number of hydrazone groups is 1. The van der Waals surface area contributed by atoms with Crippen LogP contribution in [-0.2, 0) is 20.7 Å². The molecule has 1 N–H and O–H groups in total. The van der Waals surface area contributed by atoms with E-state index in [0.29, 0.717) is 21.3 Å². The lowest BCUT2D eigenvalue weighted by Gasteiger charge is -2.08. The second-order valence-corrected chi connectivity index (χ2v) is 5.84. The van der Waals surface area contributed by atoms with Crippen molar-refractivity contribution in [2.24, 2.45) is 5.10 Å². The molecule has 0 spiro atoms. The molecule has 2 rings (SSSR count). The summed E-state index contributed by atoms with van der Waals surface area (Å²) < 4.78 is 4.92. The number of hydrogen-bond donors (Lipinski definition) is 1. The summed E-state index contributed by atoms with van der Waals surface area (Å²) >= 11 is 11.9. The van der Waals surface area contributed by atoms with Crippen molar-refractivity contribution in [3.05, 3.63) is 64.1 Å². The second kappa shape index (κ2) is 9.20. The first kappa shape index (κ1) is 19.0. The number of anilines is 1. The largest absolute Gasteiger partial charge is 0.461 e. The van der Waals surface area contributed by atoms with Crippen LogP contribution in [0.15, 0.2) is 53.6 Å². The van der Waals surface area contributed by atoms with Crippen molar-refractivity contribution < 1.29 is 14.3 Å². The van der Waals surface area contributed by atoms with E-state index in [1.807, 2.05) is 0 Å². The van der Waals surface area contributed by atoms with Gasteiger partial charge < -0.3 is 4.74 Å². The van der Waals surface area contributed by atoms with Crippen LogP contribution in [0, 0.1) is 0 Å². The molecule has 0 aliphatic rings. The van der Waals surface area contributed by atoms with E-state index in [9.17, 15) is 9.59 Å². The number of Topliss-reactive ketones (excluding diaryl/α,β-unsaturated/α-hetero) is 1. The topological polar surface area (TPSA) is 67.8 Å². The monoisotopic (exact) mass is 378 g/mol. The highest BCUT2D eigenvalue weighted by Crippen LogP contribution is 2.20. The number of ketones is 1. The van der Waals surface area contributed by atoms with Crippen LogP contribution in [0.2, 0.25) is 10.0 Å². The molecule has 5 nitrogen and oxygen atoms in total. The van der Waals surface area contributed by atoms with Crippen molar-refractivity contribution >= 4 is 46.4 Å². The SMILES string of the molecule is CCOC(=O)/C(=N/Nc1ccccc1Cl)C(=O)Cc1ccc(Cl)cc1. The summed E-state index contributed by atoms with van der Waals surface area (Å²) in [6.07, 6.45) is -0.000974. The zero-order chi connectivity index (χ0) is 18.2. The minimum atomic E-state index is -0.791. The summed E-state index contributed by atoms with van der Waals surface area (Å²) in [5, 5.41) is 4.90. The summed E-state index contributed by atoms with van der Waals surface area (Å²) in [6, 6.07) is 13.6. The minimum Gasteiger partial charge on any atom is -0.461 e. The van der Waals surface area contributed by atoms with Gasteiger partial charge in [0.1, 0.15) is 0 Å². The van der Waals surface area contributed by atoms with Crippen LogP contribution in [-0.4, -0.2) is 24.1 Å². The first-order valence-corrected chi connectivity index (χ1v) is 8.30. The van der Waals surface area contributed by atoms with E-state index >= 15 is 0 Å². The first-order chi connectivity index (χ1) is 12.0. The average Bonchev–Trinajstić information content (AvgIpc) is 2.59. The summed E-state index contributed by atoms with van der Waals surface area (Å²) in [5.74, 6) is -1.26. The molecule has 0 fully saturated rings. The van der Waals surface area contributed by atoms with E-state index in [4.69, 9.17) is 27.9 Å². The highest BCUT2D eigenvalue weighted by molar-refractivity contribution is 6.64. The molecule has 0 bridgehead atoms. The van der Waals surface area contributed by atoms with Crippen molar-refractivity contribution in [1.29, 1.82) is 0 Å². The van der Waals surface area contributed by atoms with Gasteiger partial charge in [-0.2, -0.15) is 5.10 Å². The number of rotatable bonds is 7. The quantitative estimate of drug-likeness (QED) is 0.340. The molecule has 0 unspecified atom stereocenters. The molecule has 130 valence electrons. The van der Waals surface area contributed by atoms with Gasteiger partial charge in [0.25, 0.3) is 0 Å². The number of ether oxygens (including phenoxy) is 1. The van der Waals surface area contributed by atoms with Gasteiger partial charge in [-0.3, -0.25) is 10.2 Å². The zero-order valence-corrected chi connectivity index (χ0v) is 15.0. The third kappa shape index (κ3) is 5.59. The molecule has 0 amide bonds. The number of nitrogens with one attached hydrogen (secondary N) is 1. The zero-order valence-electron chi connectivity index (χ0n) is 13.5. The number of para-hydroxylation sites is 1. The minimum absolute atomic E-state index is 0.000974. The van der Waals surface area contributed by atoms with Crippen LogP contribution in [0.4, 0.5) is 5.69 Å². The molecule has 2 aromatic rings. The maximum absolute atomic E-state index is 12.5. The normalized spacial score (nSPS) is 11.1. The Morgan fingerprint density at radius 2 is 1.76 bits per heavy atom. The van der Waals surface area contributed by atoms with Gasteiger partial charge in [-0.1, -0.05) is 47.5 Å². The smallest absolute Gasteiger partial charge is 0.362 e. The summed E-state index contributed by atoms with van der Waals surface area (Å²) in [5.41, 5.74) is 3.51. The molecule has 0 atom stereocenters. The molecule has 0 saturated carbocycles. The van der Waals surface area contributed by atoms with Crippen molar-refractivity contribution in [2.75, 3.05) is 12.0 Å². The Bertz CT molecular complexity index is 789. The van der Waals surface area contributed by atoms with Crippen LogP contribution in [0.25, 0.3) is 0 Å². The van der Waals surface area contributed by atoms with Crippen molar-refractivity contribution in [1.82, 2.24) is 0 Å². The average molecular weight is 379 g/mol. The van der Waals surface area contributed by atoms with Gasteiger partial charge in [0.2, 0.25) is 5.71 Å². The lowest BCUT2D eigenvalue weighted by molar-refractivity contribution is -0.135. The van der Waals surface area contributed by atoms with Gasteiger partial charge in [-0.15, -0.1) is 0 Å². The molecule has 2 aromatic carbocycles. The van der Waals surface area contributed by atoms with Gasteiger partial charge in [-0.25, -0.2) is 4.79 Å². The third-order valence-electron chi connectivity index (χ3n) is 3.17. The number of carbonyl (C=O) groups excluding carboxylic acids is 2. The molecule has 0 heterocycles. The highest BCUT2D eigenvalue weighted by atomic mass is 35.5. The highest BCUT2D eigenvalue weighted by Gasteiger charge is 2.22. The van der Waals surface area contributed by atoms with Gasteiger partial charge in [0.05, 0.1) is 17.3 Å². The van der Waals surface area contributed by atoms with Gasteiger partial charge in [-0.05, 0) is 36.8 Å². The lowest BCUT2D eigenvalue weighted by Crippen LogP contribution is -2.29. The Morgan fingerprint density at radius 1 is 1.08 bits per heavy atom. The predicted octanol–water partition coefficient (Wildman–Crippen LogP) is 4.14. The number of halogens is 2. The van der Waals surface area contributed by atoms with Crippen LogP contribution >= 0.6 is 23.2 Å². The Kier molecular flexibility index (Phi) is 6.98. The van der Waals surface area contributed by atoms with Crippen LogP contribution < -0.4 is 5.43 Å². The van der Waals surface area contributed by atoms with E-state index in [0.717, 1.165) is 0 Å². The van der Waals surface area contributed by atoms with E-state index in [-0.39, 0.29) is 18.7 Å². The number of nitrogens with zero attached hydrogens (tertiary/aromatic N) is 1. The van der Waals surface area contributed by atoms with Crippen molar-refractivity contribution in [2.45, 2.75) is 13.3 Å². The standard InChI is InChI=1S/C18H16Cl2N2O3/c1-2-25-18(24)17(22-21-15-6-4-3-5-14(15)20)16(23)11-12-7-9-13(19)10-8-12/h3-10,21H,2,11H2,1H3/b22-17+. The molecule has 25 heavy (non-hydrogen) atoms. The maximum atomic E-state index is 12.5. The molecule has 0 aliphatic carbocycles. The first-order valence-electron chi connectivity index (χ1n) is 7.54. The fourth-order valence-electron chi connectivity index (χ4n) is 1.96. The fraction of sp³-hybridized carbons (Fsp3) is 0.167. The number of carbonyl (C=O) groups is 2. The number of hydrogen-bond acceptors (Lipinski definition) is 5.